The van der Waals surface area contributed by atoms with E-state index in [0.29, 0.717) is 0 Å². The fraction of sp³-hybridized carbons (Fsp3) is 1.00. The molecule has 0 aromatic rings. The van der Waals surface area contributed by atoms with E-state index in [1.165, 1.54) is 0 Å². The molecule has 2 nitrogen and oxygen atoms in total. The molecule has 11 heavy (non-hydrogen) atoms. The van der Waals surface area contributed by atoms with Gasteiger partial charge in [0.25, 0.3) is 0 Å². The Balaban J connectivity index is 4.32. The lowest BCUT2D eigenvalue weighted by molar-refractivity contribution is 0.501. The van der Waals surface area contributed by atoms with E-state index in [1.807, 2.05) is 23.4 Å². The monoisotopic (exact) mass is 214 g/mol. The first-order valence-electron chi connectivity index (χ1n) is 3.69. The zero-order valence-corrected chi connectivity index (χ0v) is 10.0. The van der Waals surface area contributed by atoms with Gasteiger partial charge in [-0.1, -0.05) is 25.1 Å². The van der Waals surface area contributed by atoms with Crippen molar-refractivity contribution < 1.29 is 0 Å². The van der Waals surface area contributed by atoms with Crippen LogP contribution in [0.25, 0.3) is 0 Å². The summed E-state index contributed by atoms with van der Waals surface area (Å²) in [6, 6.07) is 0. The minimum atomic E-state index is -1.90. The normalized spacial score (nSPS) is 13.0. The maximum Gasteiger partial charge on any atom is 0.164 e. The largest absolute Gasteiger partial charge is 0.255 e. The molecule has 0 aromatic heterocycles. The van der Waals surface area contributed by atoms with Crippen molar-refractivity contribution in [2.45, 2.75) is 13.8 Å². The molecule has 0 spiro atoms. The predicted molar refractivity (Wildman–Crippen MR) is 56.7 cm³/mol. The Labute approximate surface area is 79.4 Å². The molecule has 0 amide bonds. The first-order chi connectivity index (χ1) is 4.96. The first kappa shape index (κ1) is 11.9. The average Bonchev–Trinajstić information content (AvgIpc) is 2.01. The van der Waals surface area contributed by atoms with Gasteiger partial charge >= 0.3 is 0 Å². The van der Waals surface area contributed by atoms with Crippen LogP contribution in [-0.4, -0.2) is 36.5 Å². The van der Waals surface area contributed by atoms with Gasteiger partial charge in [0.15, 0.2) is 5.69 Å². The van der Waals surface area contributed by atoms with Crippen LogP contribution in [0, 0.1) is 0 Å². The number of halogens is 1. The van der Waals surface area contributed by atoms with Crippen molar-refractivity contribution in [2.24, 2.45) is 0 Å². The second-order valence-electron chi connectivity index (χ2n) is 2.42. The predicted octanol–water partition coefficient (Wildman–Crippen LogP) is 2.35. The van der Waals surface area contributed by atoms with Crippen molar-refractivity contribution in [3.05, 3.63) is 0 Å². The Bertz CT molecular complexity index is 151. The van der Waals surface area contributed by atoms with Gasteiger partial charge in [0.05, 0.1) is 0 Å². The number of rotatable bonds is 4. The molecule has 0 saturated carbocycles. The highest BCUT2D eigenvalue weighted by Gasteiger charge is 2.21. The quantitative estimate of drug-likeness (QED) is 0.664. The third-order valence-corrected chi connectivity index (χ3v) is 7.23. The van der Waals surface area contributed by atoms with Crippen LogP contribution in [-0.2, 0) is 11.8 Å². The van der Waals surface area contributed by atoms with Crippen molar-refractivity contribution in [3.63, 3.8) is 0 Å². The smallest absolute Gasteiger partial charge is 0.164 e. The Morgan fingerprint density at radius 2 is 1.45 bits per heavy atom. The van der Waals surface area contributed by atoms with Gasteiger partial charge in [-0.2, -0.15) is 0 Å². The molecule has 0 N–H and O–H groups in total. The van der Waals surface area contributed by atoms with Gasteiger partial charge in [0.2, 0.25) is 0 Å². The molecule has 0 fully saturated rings. The summed E-state index contributed by atoms with van der Waals surface area (Å²) in [6.07, 6.45) is 0. The van der Waals surface area contributed by atoms with Gasteiger partial charge in [-0.3, -0.25) is 9.34 Å². The van der Waals surface area contributed by atoms with Crippen LogP contribution in [0.15, 0.2) is 0 Å². The third-order valence-electron chi connectivity index (χ3n) is 1.76. The van der Waals surface area contributed by atoms with E-state index in [0.717, 1.165) is 13.1 Å². The van der Waals surface area contributed by atoms with Gasteiger partial charge in [0.1, 0.15) is 0 Å². The molecular weight excluding hydrogens is 199 g/mol. The van der Waals surface area contributed by atoms with Gasteiger partial charge in [-0.05, 0) is 25.9 Å². The minimum absolute atomic E-state index is 0.908. The van der Waals surface area contributed by atoms with Crippen LogP contribution < -0.4 is 0 Å². The minimum Gasteiger partial charge on any atom is -0.255 e. The first-order valence-corrected chi connectivity index (χ1v) is 7.31. The fourth-order valence-corrected chi connectivity index (χ4v) is 3.16. The molecule has 0 rings (SSSR count). The Kier molecular flexibility index (Phi) is 5.16. The van der Waals surface area contributed by atoms with E-state index in [2.05, 4.69) is 13.8 Å². The molecule has 0 aromatic carbocycles. The van der Waals surface area contributed by atoms with E-state index in [1.54, 1.807) is 0 Å². The summed E-state index contributed by atoms with van der Waals surface area (Å²) in [7, 11) is 3.94. The molecule has 5 heteroatoms. The molecule has 0 aliphatic heterocycles. The summed E-state index contributed by atoms with van der Waals surface area (Å²) in [5, 5.41) is 0. The molecule has 0 bridgehead atoms. The highest BCUT2D eigenvalue weighted by Crippen LogP contribution is 2.56. The molecule has 68 valence electrons. The zero-order valence-electron chi connectivity index (χ0n) is 7.54. The molecule has 0 heterocycles. The Morgan fingerprint density at radius 1 is 1.18 bits per heavy atom. The number of nitrogens with zero attached hydrogens (tertiary/aromatic N) is 2. The fourth-order valence-electron chi connectivity index (χ4n) is 0.610. The maximum atomic E-state index is 6.22. The molecule has 0 atom stereocenters. The lowest BCUT2D eigenvalue weighted by Gasteiger charge is -2.32. The second-order valence-corrected chi connectivity index (χ2v) is 8.28. The summed E-state index contributed by atoms with van der Waals surface area (Å²) in [6.45, 7) is 5.94. The van der Waals surface area contributed by atoms with E-state index in [-0.39, 0.29) is 0 Å². The molecule has 0 radical (unpaired) electrons. The highest BCUT2D eigenvalue weighted by atomic mass is 35.7. The van der Waals surface area contributed by atoms with Crippen LogP contribution in [0.2, 0.25) is 0 Å². The maximum absolute atomic E-state index is 6.22. The average molecular weight is 215 g/mol. The van der Waals surface area contributed by atoms with Crippen LogP contribution >= 0.6 is 16.9 Å². The van der Waals surface area contributed by atoms with E-state index < -0.39 is 5.69 Å². The van der Waals surface area contributed by atoms with Crippen molar-refractivity contribution >= 4 is 28.7 Å². The third kappa shape index (κ3) is 3.00. The highest BCUT2D eigenvalue weighted by molar-refractivity contribution is 8.24. The van der Waals surface area contributed by atoms with E-state index >= 15 is 0 Å². The molecule has 0 aliphatic carbocycles. The van der Waals surface area contributed by atoms with Crippen LogP contribution in [0.3, 0.4) is 0 Å². The lowest BCUT2D eigenvalue weighted by Crippen LogP contribution is -2.23. The van der Waals surface area contributed by atoms with Crippen LogP contribution in [0.1, 0.15) is 13.8 Å². The Morgan fingerprint density at radius 3 is 1.64 bits per heavy atom. The molecular formula is C6H16ClN2PS. The Hall–Kier alpha value is 0.860. The van der Waals surface area contributed by atoms with Gasteiger partial charge in [-0.15, -0.1) is 0 Å². The number of hydrogen-bond donors (Lipinski definition) is 0. The van der Waals surface area contributed by atoms with Crippen molar-refractivity contribution in [1.29, 1.82) is 0 Å². The number of hydrogen-bond acceptors (Lipinski definition) is 1. The van der Waals surface area contributed by atoms with Crippen molar-refractivity contribution in [1.82, 2.24) is 9.34 Å². The summed E-state index contributed by atoms with van der Waals surface area (Å²) in [5.74, 6) is 0. The van der Waals surface area contributed by atoms with Crippen LogP contribution in [0.4, 0.5) is 0 Å². The molecule has 0 aliphatic rings. The lowest BCUT2D eigenvalue weighted by atomic mass is 10.8. The van der Waals surface area contributed by atoms with E-state index in [4.69, 9.17) is 23.0 Å². The standard InChI is InChI=1S/C6H16ClN2PS/c1-5-8(3)10(7,11)9(4)6-2/h5-6H2,1-4H3. The van der Waals surface area contributed by atoms with Crippen molar-refractivity contribution in [3.8, 4) is 0 Å². The summed E-state index contributed by atoms with van der Waals surface area (Å²) >= 11 is 11.5. The summed E-state index contributed by atoms with van der Waals surface area (Å²) in [5.41, 5.74) is -1.90. The van der Waals surface area contributed by atoms with Gasteiger partial charge in [0, 0.05) is 13.1 Å². The second kappa shape index (κ2) is 4.78. The van der Waals surface area contributed by atoms with E-state index in [9.17, 15) is 0 Å². The topological polar surface area (TPSA) is 6.48 Å². The van der Waals surface area contributed by atoms with Crippen molar-refractivity contribution in [2.75, 3.05) is 27.2 Å². The summed E-state index contributed by atoms with van der Waals surface area (Å²) in [4.78, 5) is 0. The SMILES string of the molecule is CCN(C)P(=S)(Cl)N(C)CC. The zero-order chi connectivity index (χ0) is 9.07. The van der Waals surface area contributed by atoms with Gasteiger partial charge < -0.3 is 0 Å². The molecule has 0 saturated heterocycles. The summed E-state index contributed by atoms with van der Waals surface area (Å²) < 4.78 is 4.07. The molecule has 0 unspecified atom stereocenters. The van der Waals surface area contributed by atoms with Crippen LogP contribution in [0.5, 0.6) is 0 Å². The van der Waals surface area contributed by atoms with Gasteiger partial charge in [-0.25, -0.2) is 0 Å².